The fraction of sp³-hybridized carbons (Fsp3) is 0.151. The first-order chi connectivity index (χ1) is 28.3. The zero-order chi connectivity index (χ0) is 39.5. The van der Waals surface area contributed by atoms with Crippen molar-refractivity contribution < 1.29 is 4.57 Å². The second-order valence-electron chi connectivity index (χ2n) is 15.9. The van der Waals surface area contributed by atoms with Crippen LogP contribution in [0.25, 0.3) is 67.5 Å². The Balaban J connectivity index is 1.05. The maximum atomic E-state index is 12.8. The van der Waals surface area contributed by atoms with E-state index in [-0.39, 0.29) is 5.41 Å². The molecule has 9 rings (SSSR count). The van der Waals surface area contributed by atoms with E-state index in [2.05, 4.69) is 152 Å². The number of hydrogen-bond acceptors (Lipinski definition) is 4. The lowest BCUT2D eigenvalue weighted by atomic mass is 9.65. The Morgan fingerprint density at radius 1 is 0.397 bits per heavy atom. The Hall–Kier alpha value is -6.22. The van der Waals surface area contributed by atoms with Gasteiger partial charge < -0.3 is 4.57 Å². The quantitative estimate of drug-likeness (QED) is 0.137. The fourth-order valence-corrected chi connectivity index (χ4v) is 9.49. The molecule has 0 saturated heterocycles. The summed E-state index contributed by atoms with van der Waals surface area (Å²) in [5.41, 5.74) is 12.4. The predicted octanol–water partition coefficient (Wildman–Crippen LogP) is 13.4. The third kappa shape index (κ3) is 7.61. The van der Waals surface area contributed by atoms with Gasteiger partial charge in [0.05, 0.1) is 0 Å². The molecule has 8 aromatic rings. The molecule has 0 spiro atoms. The van der Waals surface area contributed by atoms with Crippen molar-refractivity contribution in [2.24, 2.45) is 0 Å². The van der Waals surface area contributed by atoms with Gasteiger partial charge in [-0.15, -0.1) is 0 Å². The van der Waals surface area contributed by atoms with E-state index in [0.717, 1.165) is 51.5 Å². The highest BCUT2D eigenvalue weighted by molar-refractivity contribution is 7.70. The van der Waals surface area contributed by atoms with Crippen LogP contribution in [0.5, 0.6) is 0 Å². The van der Waals surface area contributed by atoms with Crippen molar-refractivity contribution >= 4 is 12.4 Å². The SMILES string of the molecule is CP(C)(=O)c1cccc(-c2ccc(C3(c4ccc(-c5nc(-c6ccccc6)nc(-c6ccc(-c7ccccc7-c7ccccc7)cc6)n5)cc4)CCCCC3)cc2)c1. The molecule has 1 aliphatic carbocycles. The third-order valence-electron chi connectivity index (χ3n) is 11.8. The number of nitrogens with zero attached hydrogens (tertiary/aromatic N) is 3. The molecule has 0 amide bonds. The molecule has 7 aromatic carbocycles. The monoisotopic (exact) mass is 771 g/mol. The Morgan fingerprint density at radius 2 is 0.793 bits per heavy atom. The molecule has 1 fully saturated rings. The highest BCUT2D eigenvalue weighted by atomic mass is 31.2. The van der Waals surface area contributed by atoms with E-state index in [0.29, 0.717) is 17.5 Å². The first kappa shape index (κ1) is 37.4. The molecule has 1 aliphatic rings. The van der Waals surface area contributed by atoms with Crippen LogP contribution < -0.4 is 5.30 Å². The van der Waals surface area contributed by atoms with Gasteiger partial charge in [0.15, 0.2) is 17.5 Å². The van der Waals surface area contributed by atoms with Gasteiger partial charge in [0.25, 0.3) is 0 Å². The lowest BCUT2D eigenvalue weighted by molar-refractivity contribution is 0.346. The van der Waals surface area contributed by atoms with Crippen molar-refractivity contribution in [3.8, 4) is 67.5 Å². The lowest BCUT2D eigenvalue weighted by Crippen LogP contribution is -2.30. The van der Waals surface area contributed by atoms with Gasteiger partial charge in [0.1, 0.15) is 7.14 Å². The topological polar surface area (TPSA) is 55.7 Å². The second kappa shape index (κ2) is 16.0. The highest BCUT2D eigenvalue weighted by Crippen LogP contribution is 2.46. The Labute approximate surface area is 342 Å². The van der Waals surface area contributed by atoms with Crippen molar-refractivity contribution in [1.29, 1.82) is 0 Å². The maximum absolute atomic E-state index is 12.8. The molecule has 0 atom stereocenters. The third-order valence-corrected chi connectivity index (χ3v) is 13.3. The van der Waals surface area contributed by atoms with Gasteiger partial charge in [-0.2, -0.15) is 0 Å². The van der Waals surface area contributed by atoms with Gasteiger partial charge >= 0.3 is 0 Å². The first-order valence-corrected chi connectivity index (χ1v) is 22.9. The predicted molar refractivity (Wildman–Crippen MR) is 242 cm³/mol. The Bertz CT molecular complexity index is 2720. The Morgan fingerprint density at radius 3 is 1.31 bits per heavy atom. The molecule has 1 saturated carbocycles. The van der Waals surface area contributed by atoms with Crippen molar-refractivity contribution in [2.75, 3.05) is 13.3 Å². The summed E-state index contributed by atoms with van der Waals surface area (Å²) >= 11 is 0. The molecule has 0 radical (unpaired) electrons. The lowest BCUT2D eigenvalue weighted by Gasteiger charge is -2.39. The van der Waals surface area contributed by atoms with Gasteiger partial charge in [-0.25, -0.2) is 15.0 Å². The van der Waals surface area contributed by atoms with Crippen LogP contribution >= 0.6 is 7.14 Å². The van der Waals surface area contributed by atoms with Gasteiger partial charge in [-0.3, -0.25) is 0 Å². The summed E-state index contributed by atoms with van der Waals surface area (Å²) in [5.74, 6) is 1.95. The maximum Gasteiger partial charge on any atom is 0.164 e. The average Bonchev–Trinajstić information content (AvgIpc) is 3.29. The van der Waals surface area contributed by atoms with Crippen molar-refractivity contribution in [3.63, 3.8) is 0 Å². The highest BCUT2D eigenvalue weighted by Gasteiger charge is 2.35. The summed E-state index contributed by atoms with van der Waals surface area (Å²) in [5, 5.41) is 0.915. The summed E-state index contributed by atoms with van der Waals surface area (Å²) < 4.78 is 12.8. The molecule has 1 heterocycles. The largest absolute Gasteiger partial charge is 0.319 e. The molecule has 1 aromatic heterocycles. The summed E-state index contributed by atoms with van der Waals surface area (Å²) in [6, 6.07) is 64.1. The molecule has 58 heavy (non-hydrogen) atoms. The van der Waals surface area contributed by atoms with Gasteiger partial charge in [-0.05, 0) is 76.7 Å². The van der Waals surface area contributed by atoms with Crippen LogP contribution in [0.15, 0.2) is 182 Å². The molecular formula is C53H46N3OP. The van der Waals surface area contributed by atoms with E-state index in [9.17, 15) is 4.57 Å². The van der Waals surface area contributed by atoms with Gasteiger partial charge in [-0.1, -0.05) is 195 Å². The number of rotatable bonds is 9. The van der Waals surface area contributed by atoms with E-state index < -0.39 is 7.14 Å². The summed E-state index contributed by atoms with van der Waals surface area (Å²) in [7, 11) is -2.35. The standard InChI is InChI=1S/C53H46N3OP/c1-58(2,57)47-20-14-19-44(37-47)38-27-31-45(32-28-38)53(35-12-5-13-36-53)46-33-29-43(30-34-46)52-55-50(41-17-8-4-9-18-41)54-51(56-52)42-25-23-40(24-26-42)49-22-11-10-21-48(49)39-15-6-3-7-16-39/h3-4,6-11,14-34,37H,5,12-13,35-36H2,1-2H3. The van der Waals surface area contributed by atoms with Crippen LogP contribution in [0.1, 0.15) is 43.2 Å². The van der Waals surface area contributed by atoms with Crippen LogP contribution in [-0.2, 0) is 9.98 Å². The zero-order valence-corrected chi connectivity index (χ0v) is 33.9. The van der Waals surface area contributed by atoms with Crippen molar-refractivity contribution in [1.82, 2.24) is 15.0 Å². The van der Waals surface area contributed by atoms with Crippen molar-refractivity contribution in [3.05, 3.63) is 193 Å². The smallest absolute Gasteiger partial charge is 0.164 e. The number of aromatic nitrogens is 3. The van der Waals surface area contributed by atoms with Crippen LogP contribution in [0.2, 0.25) is 0 Å². The number of hydrogen-bond donors (Lipinski definition) is 0. The minimum atomic E-state index is -2.35. The minimum Gasteiger partial charge on any atom is -0.319 e. The summed E-state index contributed by atoms with van der Waals surface area (Å²) in [4.78, 5) is 15.2. The van der Waals surface area contributed by atoms with Crippen molar-refractivity contribution in [2.45, 2.75) is 37.5 Å². The number of benzene rings is 7. The normalized spacial score (nSPS) is 13.9. The van der Waals surface area contributed by atoms with Crippen LogP contribution in [0, 0.1) is 0 Å². The minimum absolute atomic E-state index is 0.0694. The molecule has 0 N–H and O–H groups in total. The van der Waals surface area contributed by atoms with Crippen LogP contribution in [0.3, 0.4) is 0 Å². The van der Waals surface area contributed by atoms with E-state index in [4.69, 9.17) is 15.0 Å². The molecule has 5 heteroatoms. The van der Waals surface area contributed by atoms with E-state index in [1.54, 1.807) is 0 Å². The van der Waals surface area contributed by atoms with Crippen LogP contribution in [0.4, 0.5) is 0 Å². The van der Waals surface area contributed by atoms with Crippen LogP contribution in [-0.4, -0.2) is 28.3 Å². The zero-order valence-electron chi connectivity index (χ0n) is 33.1. The molecule has 0 unspecified atom stereocenters. The van der Waals surface area contributed by atoms with Gasteiger partial charge in [0.2, 0.25) is 0 Å². The summed E-state index contributed by atoms with van der Waals surface area (Å²) in [6.45, 7) is 3.67. The first-order valence-electron chi connectivity index (χ1n) is 20.3. The van der Waals surface area contributed by atoms with E-state index >= 15 is 0 Å². The molecule has 0 bridgehead atoms. The molecule has 4 nitrogen and oxygen atoms in total. The second-order valence-corrected chi connectivity index (χ2v) is 19.1. The molecule has 0 aliphatic heterocycles. The van der Waals surface area contributed by atoms with E-state index in [1.807, 2.05) is 43.7 Å². The fourth-order valence-electron chi connectivity index (χ4n) is 8.59. The summed E-state index contributed by atoms with van der Waals surface area (Å²) in [6.07, 6.45) is 5.87. The molecule has 284 valence electrons. The van der Waals surface area contributed by atoms with Gasteiger partial charge in [0, 0.05) is 27.4 Å². The average molecular weight is 772 g/mol. The Kier molecular flexibility index (Phi) is 10.3. The molecular weight excluding hydrogens is 726 g/mol. The van der Waals surface area contributed by atoms with E-state index in [1.165, 1.54) is 47.1 Å².